The standard InChI is InChI=1S/C22H21N3O4S2/c1-12-6-5-7-13(10-12)25-20(27)15(18(26)24-22(25)30)11-23-19-17(21(28)29-2)14-8-3-4-9-16(14)31-19/h5-7,10-11,27H,3-4,8-9H2,1-2H3,(H,24,26,30). The molecular weight excluding hydrogens is 434 g/mol. The fourth-order valence-corrected chi connectivity index (χ4v) is 5.25. The van der Waals surface area contributed by atoms with Crippen molar-refractivity contribution in [1.82, 2.24) is 9.55 Å². The molecule has 0 saturated carbocycles. The maximum atomic E-state index is 12.5. The lowest BCUT2D eigenvalue weighted by molar-refractivity contribution is 0.0601. The third-order valence-corrected chi connectivity index (χ3v) is 6.72. The molecule has 0 spiro atoms. The summed E-state index contributed by atoms with van der Waals surface area (Å²) < 4.78 is 6.42. The number of hydrogen-bond donors (Lipinski definition) is 2. The molecule has 2 aromatic heterocycles. The summed E-state index contributed by atoms with van der Waals surface area (Å²) >= 11 is 6.69. The van der Waals surface area contributed by atoms with Crippen molar-refractivity contribution in [3.8, 4) is 11.6 Å². The zero-order valence-corrected chi connectivity index (χ0v) is 18.7. The highest BCUT2D eigenvalue weighted by atomic mass is 32.1. The van der Waals surface area contributed by atoms with Crippen LogP contribution in [0.5, 0.6) is 5.88 Å². The molecule has 160 valence electrons. The summed E-state index contributed by atoms with van der Waals surface area (Å²) in [6, 6.07) is 7.39. The second kappa shape index (κ2) is 8.60. The number of aliphatic imine (C=N–C) groups is 1. The summed E-state index contributed by atoms with van der Waals surface area (Å²) in [6.07, 6.45) is 5.04. The summed E-state index contributed by atoms with van der Waals surface area (Å²) in [5, 5.41) is 11.3. The number of nitrogens with zero attached hydrogens (tertiary/aromatic N) is 2. The zero-order chi connectivity index (χ0) is 22.1. The smallest absolute Gasteiger partial charge is 0.341 e. The number of aromatic nitrogens is 2. The molecule has 9 heteroatoms. The van der Waals surface area contributed by atoms with Crippen molar-refractivity contribution in [3.05, 3.63) is 66.5 Å². The first-order valence-electron chi connectivity index (χ1n) is 9.83. The van der Waals surface area contributed by atoms with Crippen molar-refractivity contribution in [3.63, 3.8) is 0 Å². The van der Waals surface area contributed by atoms with Crippen LogP contribution in [-0.4, -0.2) is 34.0 Å². The highest BCUT2D eigenvalue weighted by molar-refractivity contribution is 7.71. The van der Waals surface area contributed by atoms with Crippen molar-refractivity contribution < 1.29 is 14.6 Å². The number of H-pyrrole nitrogens is 1. The van der Waals surface area contributed by atoms with Crippen LogP contribution in [0.1, 0.15) is 44.8 Å². The fraction of sp³-hybridized carbons (Fsp3) is 0.273. The maximum absolute atomic E-state index is 12.5. The van der Waals surface area contributed by atoms with Crippen molar-refractivity contribution in [2.45, 2.75) is 32.6 Å². The number of aryl methyl sites for hydroxylation is 2. The van der Waals surface area contributed by atoms with E-state index in [9.17, 15) is 14.7 Å². The number of aromatic hydroxyl groups is 1. The van der Waals surface area contributed by atoms with Gasteiger partial charge in [0.1, 0.15) is 10.6 Å². The van der Waals surface area contributed by atoms with Gasteiger partial charge in [-0.15, -0.1) is 11.3 Å². The van der Waals surface area contributed by atoms with Crippen LogP contribution in [0.15, 0.2) is 34.1 Å². The van der Waals surface area contributed by atoms with Gasteiger partial charge in [-0.1, -0.05) is 12.1 Å². The minimum Gasteiger partial charge on any atom is -0.494 e. The Bertz CT molecular complexity index is 1320. The first kappa shape index (κ1) is 21.2. The van der Waals surface area contributed by atoms with Crippen molar-refractivity contribution in [2.24, 2.45) is 4.99 Å². The predicted octanol–water partition coefficient (Wildman–Crippen LogP) is 4.39. The molecule has 2 N–H and O–H groups in total. The molecule has 4 rings (SSSR count). The molecule has 0 radical (unpaired) electrons. The van der Waals surface area contributed by atoms with Gasteiger partial charge in [0.15, 0.2) is 4.77 Å². The van der Waals surface area contributed by atoms with Gasteiger partial charge >= 0.3 is 5.97 Å². The van der Waals surface area contributed by atoms with Crippen molar-refractivity contribution in [1.29, 1.82) is 0 Å². The lowest BCUT2D eigenvalue weighted by atomic mass is 9.95. The van der Waals surface area contributed by atoms with Crippen LogP contribution in [0.3, 0.4) is 0 Å². The summed E-state index contributed by atoms with van der Waals surface area (Å²) in [5.74, 6) is -0.760. The number of rotatable bonds is 4. The summed E-state index contributed by atoms with van der Waals surface area (Å²) in [5.41, 5.74) is 2.42. The topological polar surface area (TPSA) is 96.7 Å². The Morgan fingerprint density at radius 2 is 2.13 bits per heavy atom. The number of esters is 1. The monoisotopic (exact) mass is 455 g/mol. The van der Waals surface area contributed by atoms with Crippen LogP contribution in [0.2, 0.25) is 0 Å². The summed E-state index contributed by atoms with van der Waals surface area (Å²) in [7, 11) is 1.34. The minimum atomic E-state index is -0.559. The largest absolute Gasteiger partial charge is 0.494 e. The Morgan fingerprint density at radius 3 is 2.87 bits per heavy atom. The van der Waals surface area contributed by atoms with E-state index in [0.717, 1.165) is 41.7 Å². The molecular formula is C22H21N3O4S2. The number of hydrogen-bond acceptors (Lipinski definition) is 7. The van der Waals surface area contributed by atoms with Gasteiger partial charge in [0.2, 0.25) is 5.88 Å². The van der Waals surface area contributed by atoms with E-state index in [1.165, 1.54) is 29.2 Å². The predicted molar refractivity (Wildman–Crippen MR) is 123 cm³/mol. The number of thiophene rings is 1. The van der Waals surface area contributed by atoms with Crippen LogP contribution in [0.4, 0.5) is 5.00 Å². The van der Waals surface area contributed by atoms with Crippen LogP contribution in [-0.2, 0) is 17.6 Å². The van der Waals surface area contributed by atoms with Crippen molar-refractivity contribution in [2.75, 3.05) is 7.11 Å². The molecule has 0 fully saturated rings. The van der Waals surface area contributed by atoms with Gasteiger partial charge in [0.05, 0.1) is 18.4 Å². The number of fused-ring (bicyclic) bond motifs is 1. The van der Waals surface area contributed by atoms with E-state index in [1.807, 2.05) is 25.1 Å². The normalized spacial score (nSPS) is 13.4. The molecule has 0 bridgehead atoms. The highest BCUT2D eigenvalue weighted by Gasteiger charge is 2.26. The second-order valence-corrected chi connectivity index (χ2v) is 8.78. The van der Waals surface area contributed by atoms with Crippen LogP contribution >= 0.6 is 23.6 Å². The van der Waals surface area contributed by atoms with E-state index in [4.69, 9.17) is 17.0 Å². The van der Waals surface area contributed by atoms with Crippen LogP contribution < -0.4 is 5.56 Å². The molecule has 0 amide bonds. The molecule has 1 aromatic carbocycles. The lowest BCUT2D eigenvalue weighted by Gasteiger charge is -2.12. The van der Waals surface area contributed by atoms with Gasteiger partial charge in [-0.05, 0) is 68.1 Å². The van der Waals surface area contributed by atoms with E-state index in [1.54, 1.807) is 6.07 Å². The molecule has 2 heterocycles. The Morgan fingerprint density at radius 1 is 1.35 bits per heavy atom. The third-order valence-electron chi connectivity index (χ3n) is 5.23. The molecule has 0 saturated heterocycles. The van der Waals surface area contributed by atoms with Gasteiger partial charge in [-0.3, -0.25) is 14.3 Å². The Kier molecular flexibility index (Phi) is 5.88. The molecule has 0 atom stereocenters. The van der Waals surface area contributed by atoms with E-state index < -0.39 is 11.5 Å². The average molecular weight is 456 g/mol. The zero-order valence-electron chi connectivity index (χ0n) is 17.1. The molecule has 0 unspecified atom stereocenters. The minimum absolute atomic E-state index is 0.0442. The average Bonchev–Trinajstić information content (AvgIpc) is 3.11. The summed E-state index contributed by atoms with van der Waals surface area (Å²) in [6.45, 7) is 1.92. The molecule has 1 aliphatic rings. The summed E-state index contributed by atoms with van der Waals surface area (Å²) in [4.78, 5) is 33.1. The van der Waals surface area contributed by atoms with Gasteiger partial charge in [0.25, 0.3) is 5.56 Å². The lowest BCUT2D eigenvalue weighted by Crippen LogP contribution is -2.18. The maximum Gasteiger partial charge on any atom is 0.341 e. The van der Waals surface area contributed by atoms with Gasteiger partial charge in [0, 0.05) is 11.1 Å². The number of carbonyl (C=O) groups is 1. The van der Waals surface area contributed by atoms with Crippen LogP contribution in [0, 0.1) is 11.7 Å². The van der Waals surface area contributed by atoms with E-state index >= 15 is 0 Å². The van der Waals surface area contributed by atoms with Gasteiger partial charge < -0.3 is 9.84 Å². The molecule has 7 nitrogen and oxygen atoms in total. The number of ether oxygens (including phenoxy) is 1. The van der Waals surface area contributed by atoms with Gasteiger partial charge in [-0.25, -0.2) is 9.79 Å². The Balaban J connectivity index is 1.83. The third kappa shape index (κ3) is 3.98. The van der Waals surface area contributed by atoms with E-state index in [-0.39, 0.29) is 16.2 Å². The van der Waals surface area contributed by atoms with E-state index in [0.29, 0.717) is 16.3 Å². The number of aromatic amines is 1. The number of methoxy groups -OCH3 is 1. The molecule has 0 aliphatic heterocycles. The Hall–Kier alpha value is -3.04. The number of benzene rings is 1. The Labute approximate surface area is 187 Å². The second-order valence-electron chi connectivity index (χ2n) is 7.31. The first-order valence-corrected chi connectivity index (χ1v) is 11.1. The molecule has 1 aliphatic carbocycles. The number of carbonyl (C=O) groups excluding carboxylic acids is 1. The van der Waals surface area contributed by atoms with Crippen molar-refractivity contribution >= 4 is 40.7 Å². The number of nitrogens with one attached hydrogen (secondary N) is 1. The highest BCUT2D eigenvalue weighted by Crippen LogP contribution is 2.40. The molecule has 3 aromatic rings. The SMILES string of the molecule is COC(=O)c1c(N=Cc2c(O)n(-c3cccc(C)c3)c(=S)[nH]c2=O)sc2c1CCCC2. The van der Waals surface area contributed by atoms with Crippen LogP contribution in [0.25, 0.3) is 5.69 Å². The quantitative estimate of drug-likeness (QED) is 0.346. The van der Waals surface area contributed by atoms with E-state index in [2.05, 4.69) is 9.98 Å². The fourth-order valence-electron chi connectivity index (χ4n) is 3.74. The molecule has 31 heavy (non-hydrogen) atoms. The first-order chi connectivity index (χ1) is 14.9. The van der Waals surface area contributed by atoms with Gasteiger partial charge in [-0.2, -0.15) is 0 Å².